The minimum absolute atomic E-state index is 0.0864. The Morgan fingerprint density at radius 3 is 3.00 bits per heavy atom. The first kappa shape index (κ1) is 7.28. The van der Waals surface area contributed by atoms with Crippen LogP contribution in [0.4, 0.5) is 0 Å². The van der Waals surface area contributed by atoms with E-state index in [1.165, 1.54) is 6.92 Å². The molecule has 0 aromatic carbocycles. The Morgan fingerprint density at radius 2 is 2.60 bits per heavy atom. The van der Waals surface area contributed by atoms with Crippen molar-refractivity contribution >= 4 is 17.4 Å². The minimum atomic E-state index is 0.0864. The Bertz CT molecular complexity index is 244. The number of carbonyl (C=O) groups is 1. The second kappa shape index (κ2) is 2.84. The number of nitrogens with one attached hydrogen (secondary N) is 1. The fourth-order valence-corrected chi connectivity index (χ4v) is 0.851. The van der Waals surface area contributed by atoms with Crippen LogP contribution < -0.4 is 0 Å². The maximum atomic E-state index is 10.6. The van der Waals surface area contributed by atoms with Crippen LogP contribution >= 0.6 is 11.6 Å². The van der Waals surface area contributed by atoms with Crippen LogP contribution in [0.15, 0.2) is 6.20 Å². The molecule has 0 aliphatic heterocycles. The molecule has 1 N–H and O–H groups in total. The van der Waals surface area contributed by atoms with Gasteiger partial charge in [-0.2, -0.15) is 5.10 Å². The number of aromatic amines is 1. The lowest BCUT2D eigenvalue weighted by molar-refractivity contribution is -0.116. The van der Waals surface area contributed by atoms with Gasteiger partial charge in [-0.25, -0.2) is 0 Å². The zero-order valence-electron chi connectivity index (χ0n) is 5.52. The zero-order chi connectivity index (χ0) is 7.56. The van der Waals surface area contributed by atoms with Crippen molar-refractivity contribution in [2.45, 2.75) is 13.3 Å². The monoisotopic (exact) mass is 158 g/mol. The molecule has 54 valence electrons. The minimum Gasteiger partial charge on any atom is -0.300 e. The van der Waals surface area contributed by atoms with Crippen LogP contribution in [0.2, 0.25) is 5.15 Å². The maximum Gasteiger partial charge on any atom is 0.134 e. The van der Waals surface area contributed by atoms with Crippen molar-refractivity contribution in [2.24, 2.45) is 0 Å². The number of halogens is 1. The number of hydrogen-bond donors (Lipinski definition) is 1. The zero-order valence-corrected chi connectivity index (χ0v) is 6.27. The third-order valence-corrected chi connectivity index (χ3v) is 1.43. The van der Waals surface area contributed by atoms with E-state index < -0.39 is 0 Å². The van der Waals surface area contributed by atoms with E-state index in [0.717, 1.165) is 5.56 Å². The highest BCUT2D eigenvalue weighted by Crippen LogP contribution is 2.11. The molecule has 0 amide bonds. The summed E-state index contributed by atoms with van der Waals surface area (Å²) in [4.78, 5) is 10.6. The maximum absolute atomic E-state index is 10.6. The summed E-state index contributed by atoms with van der Waals surface area (Å²) in [5.41, 5.74) is 0.758. The van der Waals surface area contributed by atoms with Crippen LogP contribution in [-0.4, -0.2) is 16.0 Å². The van der Waals surface area contributed by atoms with Gasteiger partial charge in [0.1, 0.15) is 10.9 Å². The van der Waals surface area contributed by atoms with E-state index in [0.29, 0.717) is 11.6 Å². The fraction of sp³-hybridized carbons (Fsp3) is 0.333. The summed E-state index contributed by atoms with van der Waals surface area (Å²) >= 11 is 5.61. The quantitative estimate of drug-likeness (QED) is 0.703. The Kier molecular flexibility index (Phi) is 2.06. The van der Waals surface area contributed by atoms with Crippen molar-refractivity contribution in [2.75, 3.05) is 0 Å². The van der Waals surface area contributed by atoms with Gasteiger partial charge in [-0.05, 0) is 6.92 Å². The number of aromatic nitrogens is 2. The summed E-state index contributed by atoms with van der Waals surface area (Å²) < 4.78 is 0. The number of rotatable bonds is 2. The van der Waals surface area contributed by atoms with E-state index in [1.54, 1.807) is 6.20 Å². The summed E-state index contributed by atoms with van der Waals surface area (Å²) in [6, 6.07) is 0. The van der Waals surface area contributed by atoms with Crippen LogP contribution in [0.5, 0.6) is 0 Å². The smallest absolute Gasteiger partial charge is 0.134 e. The van der Waals surface area contributed by atoms with Crippen molar-refractivity contribution in [1.82, 2.24) is 10.2 Å². The molecule has 1 aromatic heterocycles. The fourth-order valence-electron chi connectivity index (χ4n) is 0.687. The summed E-state index contributed by atoms with van der Waals surface area (Å²) in [6.45, 7) is 1.52. The number of hydrogen-bond acceptors (Lipinski definition) is 2. The van der Waals surface area contributed by atoms with Crippen molar-refractivity contribution in [3.8, 4) is 0 Å². The number of ketones is 1. The van der Waals surface area contributed by atoms with Crippen LogP contribution in [0, 0.1) is 0 Å². The largest absolute Gasteiger partial charge is 0.300 e. The van der Waals surface area contributed by atoms with Gasteiger partial charge in [-0.15, -0.1) is 0 Å². The molecule has 0 aliphatic carbocycles. The Hall–Kier alpha value is -0.830. The third kappa shape index (κ3) is 1.57. The highest BCUT2D eigenvalue weighted by molar-refractivity contribution is 6.30. The van der Waals surface area contributed by atoms with Crippen molar-refractivity contribution < 1.29 is 4.79 Å². The Balaban J connectivity index is 2.74. The van der Waals surface area contributed by atoms with E-state index in [2.05, 4.69) is 10.2 Å². The Morgan fingerprint density at radius 1 is 1.90 bits per heavy atom. The van der Waals surface area contributed by atoms with Crippen LogP contribution in [0.3, 0.4) is 0 Å². The van der Waals surface area contributed by atoms with E-state index in [-0.39, 0.29) is 5.78 Å². The average Bonchev–Trinajstić information content (AvgIpc) is 2.15. The summed E-state index contributed by atoms with van der Waals surface area (Å²) in [5, 5.41) is 6.66. The molecule has 0 saturated heterocycles. The average molecular weight is 159 g/mol. The van der Waals surface area contributed by atoms with Gasteiger partial charge in [0.25, 0.3) is 0 Å². The molecule has 0 bridgehead atoms. The molecule has 0 aliphatic rings. The van der Waals surface area contributed by atoms with E-state index in [1.807, 2.05) is 0 Å². The number of nitrogens with zero attached hydrogens (tertiary/aromatic N) is 1. The first-order chi connectivity index (χ1) is 4.70. The van der Waals surface area contributed by atoms with Gasteiger partial charge < -0.3 is 0 Å². The molecule has 3 nitrogen and oxygen atoms in total. The van der Waals surface area contributed by atoms with E-state index >= 15 is 0 Å². The molecule has 1 heterocycles. The highest BCUT2D eigenvalue weighted by atomic mass is 35.5. The normalized spacial score (nSPS) is 9.80. The van der Waals surface area contributed by atoms with E-state index in [4.69, 9.17) is 11.6 Å². The predicted octanol–water partition coefficient (Wildman–Crippen LogP) is 1.19. The first-order valence-electron chi connectivity index (χ1n) is 2.87. The van der Waals surface area contributed by atoms with Crippen LogP contribution in [0.1, 0.15) is 12.5 Å². The second-order valence-corrected chi connectivity index (χ2v) is 2.47. The van der Waals surface area contributed by atoms with Crippen LogP contribution in [-0.2, 0) is 11.2 Å². The molecule has 10 heavy (non-hydrogen) atoms. The molecule has 1 rings (SSSR count). The van der Waals surface area contributed by atoms with Crippen molar-refractivity contribution in [3.05, 3.63) is 16.9 Å². The predicted molar refractivity (Wildman–Crippen MR) is 38.0 cm³/mol. The van der Waals surface area contributed by atoms with Crippen molar-refractivity contribution in [3.63, 3.8) is 0 Å². The second-order valence-electron chi connectivity index (χ2n) is 2.09. The molecule has 0 spiro atoms. The van der Waals surface area contributed by atoms with Crippen LogP contribution in [0.25, 0.3) is 0 Å². The topological polar surface area (TPSA) is 45.8 Å². The van der Waals surface area contributed by atoms with Gasteiger partial charge in [0, 0.05) is 12.0 Å². The standard InChI is InChI=1S/C6H7ClN2O/c1-4(10)2-5-3-8-9-6(5)7/h3H,2H2,1H3,(H,8,9). The molecule has 1 aromatic rings. The lowest BCUT2D eigenvalue weighted by Gasteiger charge is -1.89. The molecule has 0 radical (unpaired) electrons. The molecule has 0 unspecified atom stereocenters. The molecule has 0 fully saturated rings. The SMILES string of the molecule is CC(=O)Cc1cn[nH]c1Cl. The summed E-state index contributed by atoms with van der Waals surface area (Å²) in [7, 11) is 0. The summed E-state index contributed by atoms with van der Waals surface area (Å²) in [5.74, 6) is 0.0864. The molecular formula is C6H7ClN2O. The lowest BCUT2D eigenvalue weighted by atomic mass is 10.2. The lowest BCUT2D eigenvalue weighted by Crippen LogP contribution is -1.94. The number of Topliss-reactive ketones (excluding diaryl/α,β-unsaturated/α-hetero) is 1. The molecule has 4 heteroatoms. The van der Waals surface area contributed by atoms with Crippen molar-refractivity contribution in [1.29, 1.82) is 0 Å². The number of H-pyrrole nitrogens is 1. The van der Waals surface area contributed by atoms with Gasteiger partial charge in [-0.1, -0.05) is 11.6 Å². The van der Waals surface area contributed by atoms with Gasteiger partial charge in [0.05, 0.1) is 6.20 Å². The highest BCUT2D eigenvalue weighted by Gasteiger charge is 2.03. The van der Waals surface area contributed by atoms with Gasteiger partial charge >= 0.3 is 0 Å². The third-order valence-electron chi connectivity index (χ3n) is 1.10. The Labute approximate surface area is 63.4 Å². The molecule has 0 saturated carbocycles. The van der Waals surface area contributed by atoms with Gasteiger partial charge in [-0.3, -0.25) is 9.89 Å². The number of carbonyl (C=O) groups excluding carboxylic acids is 1. The van der Waals surface area contributed by atoms with E-state index in [9.17, 15) is 4.79 Å². The summed E-state index contributed by atoms with van der Waals surface area (Å²) in [6.07, 6.45) is 1.92. The van der Waals surface area contributed by atoms with Gasteiger partial charge in [0.2, 0.25) is 0 Å². The van der Waals surface area contributed by atoms with Gasteiger partial charge in [0.15, 0.2) is 0 Å². The molecule has 0 atom stereocenters. The molecular weight excluding hydrogens is 152 g/mol. The first-order valence-corrected chi connectivity index (χ1v) is 3.25.